The van der Waals surface area contributed by atoms with Crippen molar-refractivity contribution in [1.29, 1.82) is 0 Å². The summed E-state index contributed by atoms with van der Waals surface area (Å²) in [4.78, 5) is 19.5. The predicted molar refractivity (Wildman–Crippen MR) is 114 cm³/mol. The van der Waals surface area contributed by atoms with E-state index >= 15 is 0 Å². The lowest BCUT2D eigenvalue weighted by atomic mass is 9.71. The number of sulfonamides is 1. The molecule has 7 heteroatoms. The van der Waals surface area contributed by atoms with Crippen LogP contribution in [0.2, 0.25) is 0 Å². The Morgan fingerprint density at radius 2 is 1.73 bits per heavy atom. The van der Waals surface area contributed by atoms with Crippen molar-refractivity contribution < 1.29 is 13.2 Å². The molecular weight excluding hydrogens is 398 g/mol. The van der Waals surface area contributed by atoms with Gasteiger partial charge in [0.25, 0.3) is 0 Å². The van der Waals surface area contributed by atoms with E-state index in [2.05, 4.69) is 17.1 Å². The van der Waals surface area contributed by atoms with E-state index in [4.69, 9.17) is 0 Å². The number of carbonyl (C=O) groups excluding carboxylic acids is 1. The fourth-order valence-electron chi connectivity index (χ4n) is 5.22. The maximum Gasteiger partial charge on any atom is 0.224 e. The third-order valence-corrected chi connectivity index (χ3v) is 9.42. The summed E-state index contributed by atoms with van der Waals surface area (Å²) in [5.74, 6) is 0.0151. The molecule has 3 aliphatic rings. The molecule has 2 aromatic rings. The molecule has 2 atom stereocenters. The Morgan fingerprint density at radius 1 is 1.00 bits per heavy atom. The highest BCUT2D eigenvalue weighted by molar-refractivity contribution is 7.90. The van der Waals surface area contributed by atoms with Crippen molar-refractivity contribution in [1.82, 2.24) is 14.2 Å². The number of rotatable bonds is 5. The zero-order chi connectivity index (χ0) is 20.8. The lowest BCUT2D eigenvalue weighted by molar-refractivity contribution is -0.131. The van der Waals surface area contributed by atoms with Crippen LogP contribution in [0, 0.1) is 0 Å². The highest BCUT2D eigenvalue weighted by atomic mass is 32.2. The van der Waals surface area contributed by atoms with Crippen molar-refractivity contribution in [2.75, 3.05) is 13.1 Å². The average Bonchev–Trinajstić information content (AvgIpc) is 3.57. The second-order valence-corrected chi connectivity index (χ2v) is 10.9. The Bertz CT molecular complexity index is 1020. The maximum absolute atomic E-state index is 13.3. The quantitative estimate of drug-likeness (QED) is 0.739. The number of carbonyl (C=O) groups is 1. The van der Waals surface area contributed by atoms with Gasteiger partial charge >= 0.3 is 0 Å². The van der Waals surface area contributed by atoms with E-state index in [1.165, 1.54) is 0 Å². The standard InChI is InChI=1S/C23H27N3O3S/c27-22-16-21-23(18-6-2-1-3-7-18,12-15-26(21)30(28,29)20-9-10-20)11-14-25(22)17-19-8-4-5-13-24-19/h1-8,13,20-21H,9-12,14-17H2/t21-,23-/m0/s1. The summed E-state index contributed by atoms with van der Waals surface area (Å²) < 4.78 is 28.1. The highest BCUT2D eigenvalue weighted by Crippen LogP contribution is 2.49. The lowest BCUT2D eigenvalue weighted by Gasteiger charge is -2.36. The molecule has 0 N–H and O–H groups in total. The number of benzene rings is 1. The van der Waals surface area contributed by atoms with Gasteiger partial charge in [0.1, 0.15) is 0 Å². The van der Waals surface area contributed by atoms with Crippen LogP contribution in [0.5, 0.6) is 0 Å². The number of amides is 1. The number of aromatic nitrogens is 1. The van der Waals surface area contributed by atoms with Crippen LogP contribution in [-0.4, -0.2) is 52.9 Å². The van der Waals surface area contributed by atoms with Gasteiger partial charge in [-0.05, 0) is 43.4 Å². The molecule has 0 bridgehead atoms. The van der Waals surface area contributed by atoms with Crippen LogP contribution in [0.25, 0.3) is 0 Å². The van der Waals surface area contributed by atoms with E-state index in [0.717, 1.165) is 36.9 Å². The first-order valence-corrected chi connectivity index (χ1v) is 12.2. The topological polar surface area (TPSA) is 70.6 Å². The minimum Gasteiger partial charge on any atom is -0.337 e. The number of hydrogen-bond acceptors (Lipinski definition) is 4. The fourth-order valence-corrected chi connectivity index (χ4v) is 7.31. The largest absolute Gasteiger partial charge is 0.337 e. The smallest absolute Gasteiger partial charge is 0.224 e. The minimum atomic E-state index is -3.35. The van der Waals surface area contributed by atoms with Crippen LogP contribution in [0.4, 0.5) is 0 Å². The van der Waals surface area contributed by atoms with E-state index < -0.39 is 10.0 Å². The monoisotopic (exact) mass is 425 g/mol. The molecule has 1 amide bonds. The Morgan fingerprint density at radius 3 is 2.43 bits per heavy atom. The van der Waals surface area contributed by atoms with Gasteiger partial charge in [-0.2, -0.15) is 4.31 Å². The molecule has 2 aliphatic heterocycles. The molecule has 1 aromatic carbocycles. The van der Waals surface area contributed by atoms with Gasteiger partial charge < -0.3 is 4.90 Å². The summed E-state index contributed by atoms with van der Waals surface area (Å²) in [6, 6.07) is 15.6. The molecule has 5 rings (SSSR count). The van der Waals surface area contributed by atoms with Crippen LogP contribution in [0.1, 0.15) is 43.4 Å². The number of likely N-dealkylation sites (tertiary alicyclic amines) is 1. The molecule has 30 heavy (non-hydrogen) atoms. The van der Waals surface area contributed by atoms with Crippen molar-refractivity contribution in [2.24, 2.45) is 0 Å². The Kier molecular flexibility index (Phi) is 4.90. The first-order valence-electron chi connectivity index (χ1n) is 10.7. The second kappa shape index (κ2) is 7.46. The molecule has 0 spiro atoms. The third-order valence-electron chi connectivity index (χ3n) is 7.01. The molecule has 1 saturated carbocycles. The van der Waals surface area contributed by atoms with Crippen molar-refractivity contribution in [2.45, 2.75) is 55.4 Å². The summed E-state index contributed by atoms with van der Waals surface area (Å²) >= 11 is 0. The van der Waals surface area contributed by atoms with E-state index in [-0.39, 0.29) is 29.0 Å². The van der Waals surface area contributed by atoms with Crippen molar-refractivity contribution in [3.05, 3.63) is 66.0 Å². The maximum atomic E-state index is 13.3. The fraction of sp³-hybridized carbons (Fsp3) is 0.478. The van der Waals surface area contributed by atoms with Crippen LogP contribution < -0.4 is 0 Å². The van der Waals surface area contributed by atoms with Crippen LogP contribution in [0.3, 0.4) is 0 Å². The predicted octanol–water partition coefficient (Wildman–Crippen LogP) is 2.71. The molecule has 6 nitrogen and oxygen atoms in total. The molecule has 1 aliphatic carbocycles. The second-order valence-electron chi connectivity index (χ2n) is 8.73. The number of nitrogens with zero attached hydrogens (tertiary/aromatic N) is 3. The average molecular weight is 426 g/mol. The molecule has 3 heterocycles. The van der Waals surface area contributed by atoms with Gasteiger partial charge in [-0.3, -0.25) is 9.78 Å². The van der Waals surface area contributed by atoms with Gasteiger partial charge in [0.15, 0.2) is 0 Å². The molecule has 158 valence electrons. The highest BCUT2D eigenvalue weighted by Gasteiger charge is 2.56. The SMILES string of the molecule is O=C1C[C@@H]2N(S(=O)(=O)C3CC3)CC[C@]2(c2ccccc2)CCN1Cc1ccccn1. The molecule has 0 radical (unpaired) electrons. The van der Waals surface area contributed by atoms with Gasteiger partial charge in [0.05, 0.1) is 17.5 Å². The van der Waals surface area contributed by atoms with Crippen molar-refractivity contribution in [3.8, 4) is 0 Å². The van der Waals surface area contributed by atoms with Crippen molar-refractivity contribution >= 4 is 15.9 Å². The molecular formula is C23H27N3O3S. The van der Waals surface area contributed by atoms with Gasteiger partial charge in [-0.1, -0.05) is 36.4 Å². The zero-order valence-corrected chi connectivity index (χ0v) is 17.8. The summed E-state index contributed by atoms with van der Waals surface area (Å²) in [5.41, 5.74) is 1.68. The Hall–Kier alpha value is -2.25. The molecule has 3 fully saturated rings. The minimum absolute atomic E-state index is 0.0151. The van der Waals surface area contributed by atoms with Crippen LogP contribution >= 0.6 is 0 Å². The zero-order valence-electron chi connectivity index (χ0n) is 17.0. The summed E-state index contributed by atoms with van der Waals surface area (Å²) in [6.07, 6.45) is 4.97. The summed E-state index contributed by atoms with van der Waals surface area (Å²) in [7, 11) is -3.35. The van der Waals surface area contributed by atoms with Crippen LogP contribution in [-0.2, 0) is 26.8 Å². The van der Waals surface area contributed by atoms with Gasteiger partial charge in [-0.25, -0.2) is 8.42 Å². The van der Waals surface area contributed by atoms with E-state index in [0.29, 0.717) is 19.6 Å². The normalized spacial score (nSPS) is 27.7. The number of fused-ring (bicyclic) bond motifs is 1. The van der Waals surface area contributed by atoms with Gasteiger partial charge in [0.2, 0.25) is 15.9 Å². The van der Waals surface area contributed by atoms with Crippen LogP contribution in [0.15, 0.2) is 54.7 Å². The first-order chi connectivity index (χ1) is 14.5. The summed E-state index contributed by atoms with van der Waals surface area (Å²) in [5, 5.41) is -0.257. The van der Waals surface area contributed by atoms with Gasteiger partial charge in [-0.15, -0.1) is 0 Å². The first kappa shape index (κ1) is 19.7. The molecule has 1 aromatic heterocycles. The van der Waals surface area contributed by atoms with Gasteiger partial charge in [0, 0.05) is 37.2 Å². The van der Waals surface area contributed by atoms with E-state index in [1.54, 1.807) is 10.5 Å². The van der Waals surface area contributed by atoms with Crippen molar-refractivity contribution in [3.63, 3.8) is 0 Å². The Balaban J connectivity index is 1.50. The third kappa shape index (κ3) is 3.34. The van der Waals surface area contributed by atoms with E-state index in [1.807, 2.05) is 41.3 Å². The number of pyridine rings is 1. The number of hydrogen-bond donors (Lipinski definition) is 0. The summed E-state index contributed by atoms with van der Waals surface area (Å²) in [6.45, 7) is 1.58. The van der Waals surface area contributed by atoms with E-state index in [9.17, 15) is 13.2 Å². The lowest BCUT2D eigenvalue weighted by Crippen LogP contribution is -2.46. The Labute approximate surface area is 178 Å². The molecule has 2 saturated heterocycles. The molecule has 0 unspecified atom stereocenters.